The number of aromatic carboxylic acids is 1. The van der Waals surface area contributed by atoms with Crippen LogP contribution in [0.4, 0.5) is 0 Å². The molecule has 1 heterocycles. The number of hydrogen-bond donors (Lipinski definition) is 1. The van der Waals surface area contributed by atoms with Gasteiger partial charge in [0.2, 0.25) is 0 Å². The normalized spacial score (nSPS) is 10.7. The third-order valence-corrected chi connectivity index (χ3v) is 3.07. The SMILES string of the molecule is Cc1nc2ccc(OCc3ccc(C(=O)O)cc3)cc2o1. The molecule has 0 spiro atoms. The second kappa shape index (κ2) is 5.28. The van der Waals surface area contributed by atoms with Crippen molar-refractivity contribution < 1.29 is 19.1 Å². The van der Waals surface area contributed by atoms with Crippen LogP contribution in [0.1, 0.15) is 21.8 Å². The summed E-state index contributed by atoms with van der Waals surface area (Å²) in [6.07, 6.45) is 0. The second-order valence-electron chi connectivity index (χ2n) is 4.65. The maximum atomic E-state index is 10.8. The van der Waals surface area contributed by atoms with E-state index >= 15 is 0 Å². The largest absolute Gasteiger partial charge is 0.489 e. The van der Waals surface area contributed by atoms with E-state index in [0.717, 1.165) is 11.1 Å². The van der Waals surface area contributed by atoms with E-state index in [1.807, 2.05) is 12.1 Å². The lowest BCUT2D eigenvalue weighted by atomic mass is 10.1. The van der Waals surface area contributed by atoms with E-state index in [-0.39, 0.29) is 5.56 Å². The Morgan fingerprint density at radius 3 is 2.71 bits per heavy atom. The smallest absolute Gasteiger partial charge is 0.335 e. The van der Waals surface area contributed by atoms with E-state index in [4.69, 9.17) is 14.3 Å². The Bertz CT molecular complexity index is 790. The molecule has 0 saturated heterocycles. The van der Waals surface area contributed by atoms with Gasteiger partial charge in [-0.2, -0.15) is 0 Å². The predicted octanol–water partition coefficient (Wildman–Crippen LogP) is 3.41. The summed E-state index contributed by atoms with van der Waals surface area (Å²) >= 11 is 0. The van der Waals surface area contributed by atoms with Crippen molar-refractivity contribution >= 4 is 17.1 Å². The highest BCUT2D eigenvalue weighted by atomic mass is 16.5. The standard InChI is InChI=1S/C16H13NO4/c1-10-17-14-7-6-13(8-15(14)21-10)20-9-11-2-4-12(5-3-11)16(18)19/h2-8H,9H2,1H3,(H,18,19). The van der Waals surface area contributed by atoms with Gasteiger partial charge in [0.05, 0.1) is 5.56 Å². The van der Waals surface area contributed by atoms with Gasteiger partial charge in [-0.1, -0.05) is 12.1 Å². The molecule has 1 N–H and O–H groups in total. The Kier molecular flexibility index (Phi) is 3.31. The second-order valence-corrected chi connectivity index (χ2v) is 4.65. The summed E-state index contributed by atoms with van der Waals surface area (Å²) in [6.45, 7) is 2.16. The van der Waals surface area contributed by atoms with Crippen LogP contribution in [0.15, 0.2) is 46.9 Å². The van der Waals surface area contributed by atoms with Crippen molar-refractivity contribution in [3.05, 3.63) is 59.5 Å². The van der Waals surface area contributed by atoms with E-state index in [1.54, 1.807) is 37.3 Å². The van der Waals surface area contributed by atoms with Gasteiger partial charge in [0.1, 0.15) is 17.9 Å². The average molecular weight is 283 g/mol. The number of carboxylic acids is 1. The Balaban J connectivity index is 1.71. The molecule has 1 aromatic heterocycles. The summed E-state index contributed by atoms with van der Waals surface area (Å²) in [6, 6.07) is 12.1. The van der Waals surface area contributed by atoms with Crippen LogP contribution in [0.25, 0.3) is 11.1 Å². The number of benzene rings is 2. The van der Waals surface area contributed by atoms with Crippen molar-refractivity contribution in [2.45, 2.75) is 13.5 Å². The summed E-state index contributed by atoms with van der Waals surface area (Å²) in [7, 11) is 0. The topological polar surface area (TPSA) is 72.6 Å². The monoisotopic (exact) mass is 283 g/mol. The van der Waals surface area contributed by atoms with E-state index in [9.17, 15) is 4.79 Å². The zero-order chi connectivity index (χ0) is 14.8. The van der Waals surface area contributed by atoms with Crippen LogP contribution in [0.3, 0.4) is 0 Å². The van der Waals surface area contributed by atoms with Gasteiger partial charge >= 0.3 is 5.97 Å². The lowest BCUT2D eigenvalue weighted by molar-refractivity contribution is 0.0697. The fourth-order valence-corrected chi connectivity index (χ4v) is 2.02. The minimum atomic E-state index is -0.936. The van der Waals surface area contributed by atoms with Crippen LogP contribution in [0.2, 0.25) is 0 Å². The van der Waals surface area contributed by atoms with Crippen LogP contribution in [0, 0.1) is 6.92 Å². The number of carbonyl (C=O) groups is 1. The Labute approximate surface area is 120 Å². The van der Waals surface area contributed by atoms with Crippen LogP contribution < -0.4 is 4.74 Å². The lowest BCUT2D eigenvalue weighted by Gasteiger charge is -2.06. The van der Waals surface area contributed by atoms with Gasteiger partial charge in [-0.3, -0.25) is 0 Å². The fraction of sp³-hybridized carbons (Fsp3) is 0.125. The summed E-state index contributed by atoms with van der Waals surface area (Å²) < 4.78 is 11.1. The van der Waals surface area contributed by atoms with Gasteiger partial charge < -0.3 is 14.3 Å². The average Bonchev–Trinajstić information content (AvgIpc) is 2.84. The third kappa shape index (κ3) is 2.86. The first-order valence-electron chi connectivity index (χ1n) is 6.44. The number of carboxylic acid groups (broad SMARTS) is 1. The molecule has 2 aromatic carbocycles. The van der Waals surface area contributed by atoms with E-state index < -0.39 is 5.97 Å². The van der Waals surface area contributed by atoms with Crippen LogP contribution in [-0.4, -0.2) is 16.1 Å². The molecule has 0 aliphatic carbocycles. The van der Waals surface area contributed by atoms with Gasteiger partial charge in [-0.25, -0.2) is 9.78 Å². The molecular formula is C16H13NO4. The maximum Gasteiger partial charge on any atom is 0.335 e. The molecule has 3 rings (SSSR count). The van der Waals surface area contributed by atoms with Gasteiger partial charge in [-0.05, 0) is 29.8 Å². The lowest BCUT2D eigenvalue weighted by Crippen LogP contribution is -1.98. The van der Waals surface area contributed by atoms with Crippen LogP contribution in [0.5, 0.6) is 5.75 Å². The zero-order valence-electron chi connectivity index (χ0n) is 11.4. The van der Waals surface area contributed by atoms with Gasteiger partial charge in [0, 0.05) is 13.0 Å². The van der Waals surface area contributed by atoms with Gasteiger partial charge in [-0.15, -0.1) is 0 Å². The number of aryl methyl sites for hydroxylation is 1. The maximum absolute atomic E-state index is 10.8. The molecule has 5 heteroatoms. The summed E-state index contributed by atoms with van der Waals surface area (Å²) in [5.74, 6) is 0.362. The fourth-order valence-electron chi connectivity index (χ4n) is 2.02. The van der Waals surface area contributed by atoms with E-state index in [1.165, 1.54) is 0 Å². The molecule has 0 aliphatic heterocycles. The Morgan fingerprint density at radius 1 is 1.24 bits per heavy atom. The minimum absolute atomic E-state index is 0.261. The molecule has 5 nitrogen and oxygen atoms in total. The Hall–Kier alpha value is -2.82. The highest BCUT2D eigenvalue weighted by Crippen LogP contribution is 2.22. The van der Waals surface area contributed by atoms with Crippen molar-refractivity contribution in [1.29, 1.82) is 0 Å². The number of nitrogens with zero attached hydrogens (tertiary/aromatic N) is 1. The number of fused-ring (bicyclic) bond motifs is 1. The van der Waals surface area contributed by atoms with E-state index in [0.29, 0.717) is 23.8 Å². The molecule has 106 valence electrons. The number of aromatic nitrogens is 1. The molecule has 0 fully saturated rings. The number of hydrogen-bond acceptors (Lipinski definition) is 4. The molecule has 0 unspecified atom stereocenters. The molecule has 21 heavy (non-hydrogen) atoms. The van der Waals surface area contributed by atoms with Crippen LogP contribution >= 0.6 is 0 Å². The summed E-state index contributed by atoms with van der Waals surface area (Å²) in [5, 5.41) is 8.84. The van der Waals surface area contributed by atoms with Crippen molar-refractivity contribution in [1.82, 2.24) is 4.98 Å². The highest BCUT2D eigenvalue weighted by molar-refractivity contribution is 5.87. The molecule has 3 aromatic rings. The predicted molar refractivity (Wildman–Crippen MR) is 76.5 cm³/mol. The van der Waals surface area contributed by atoms with Gasteiger partial charge in [0.25, 0.3) is 0 Å². The number of rotatable bonds is 4. The molecule has 0 bridgehead atoms. The first-order chi connectivity index (χ1) is 10.1. The number of ether oxygens (including phenoxy) is 1. The molecule has 0 aliphatic rings. The molecular weight excluding hydrogens is 270 g/mol. The number of oxazole rings is 1. The minimum Gasteiger partial charge on any atom is -0.489 e. The van der Waals surface area contributed by atoms with Crippen molar-refractivity contribution in [3.63, 3.8) is 0 Å². The van der Waals surface area contributed by atoms with Crippen molar-refractivity contribution in [2.24, 2.45) is 0 Å². The van der Waals surface area contributed by atoms with Crippen molar-refractivity contribution in [2.75, 3.05) is 0 Å². The van der Waals surface area contributed by atoms with Gasteiger partial charge in [0.15, 0.2) is 11.5 Å². The third-order valence-electron chi connectivity index (χ3n) is 3.07. The van der Waals surface area contributed by atoms with E-state index in [2.05, 4.69) is 4.98 Å². The summed E-state index contributed by atoms with van der Waals surface area (Å²) in [5.41, 5.74) is 2.64. The first kappa shape index (κ1) is 13.2. The van der Waals surface area contributed by atoms with Crippen LogP contribution in [-0.2, 0) is 6.61 Å². The quantitative estimate of drug-likeness (QED) is 0.794. The first-order valence-corrected chi connectivity index (χ1v) is 6.44. The molecule has 0 amide bonds. The highest BCUT2D eigenvalue weighted by Gasteiger charge is 2.05. The Morgan fingerprint density at radius 2 is 2.00 bits per heavy atom. The molecule has 0 saturated carbocycles. The summed E-state index contributed by atoms with van der Waals surface area (Å²) in [4.78, 5) is 15.0. The zero-order valence-corrected chi connectivity index (χ0v) is 11.4. The van der Waals surface area contributed by atoms with Crippen molar-refractivity contribution in [3.8, 4) is 5.75 Å². The molecule has 0 radical (unpaired) electrons. The molecule has 0 atom stereocenters.